The number of ether oxygens (including phenoxy) is 1. The second-order valence-electron chi connectivity index (χ2n) is 12.1. The van der Waals surface area contributed by atoms with Crippen molar-refractivity contribution in [1.29, 1.82) is 0 Å². The van der Waals surface area contributed by atoms with E-state index in [0.29, 0.717) is 29.4 Å². The van der Waals surface area contributed by atoms with E-state index in [1.807, 2.05) is 6.08 Å². The number of hydrogen-bond donors (Lipinski definition) is 1. The Hall–Kier alpha value is -0.480. The van der Waals surface area contributed by atoms with E-state index >= 15 is 0 Å². The lowest BCUT2D eigenvalue weighted by Crippen LogP contribution is -2.53. The van der Waals surface area contributed by atoms with Gasteiger partial charge < -0.3 is 10.1 Å². The molecule has 4 heteroatoms. The highest BCUT2D eigenvalue weighted by Gasteiger charge is 2.60. The first-order chi connectivity index (χ1) is 14.8. The third-order valence-electron chi connectivity index (χ3n) is 10.8. The standard InChI is InChI=1S/C27H43NO2S/c1-17(28-4)16-31-20-9-11-26(2)19(14-20)5-6-21-23-8-7-22(18-13-25(29)30-15-18)27(23,3)12-10-24(21)26/h13,17,19-24,28H,5-12,14-16H2,1-4H3/t17?,19-,20-,21-,22+,23-,24-,26-,27+/m0/s1. The average Bonchev–Trinajstić information content (AvgIpc) is 3.34. The zero-order valence-corrected chi connectivity index (χ0v) is 20.9. The van der Waals surface area contributed by atoms with Gasteiger partial charge in [-0.15, -0.1) is 0 Å². The molecule has 4 saturated carbocycles. The topological polar surface area (TPSA) is 38.3 Å². The molecule has 0 aromatic rings. The molecule has 0 saturated heterocycles. The summed E-state index contributed by atoms with van der Waals surface area (Å²) in [4.78, 5) is 11.7. The molecule has 0 aromatic carbocycles. The van der Waals surface area contributed by atoms with Crippen molar-refractivity contribution in [3.05, 3.63) is 11.6 Å². The van der Waals surface area contributed by atoms with Crippen LogP contribution in [0.3, 0.4) is 0 Å². The van der Waals surface area contributed by atoms with Gasteiger partial charge in [-0.1, -0.05) is 13.8 Å². The van der Waals surface area contributed by atoms with Crippen LogP contribution in [-0.2, 0) is 9.53 Å². The molecule has 4 fully saturated rings. The number of cyclic esters (lactones) is 1. The van der Waals surface area contributed by atoms with Gasteiger partial charge in [0.05, 0.1) is 0 Å². The minimum atomic E-state index is -0.109. The summed E-state index contributed by atoms with van der Waals surface area (Å²) in [7, 11) is 2.09. The van der Waals surface area contributed by atoms with Crippen molar-refractivity contribution in [3.8, 4) is 0 Å². The molecule has 0 bridgehead atoms. The molecule has 9 atom stereocenters. The maximum Gasteiger partial charge on any atom is 0.331 e. The van der Waals surface area contributed by atoms with Crippen LogP contribution >= 0.6 is 11.8 Å². The summed E-state index contributed by atoms with van der Waals surface area (Å²) in [5.74, 6) is 5.36. The SMILES string of the molecule is CNC(C)CS[C@H]1CC[C@@]2(C)[C@@H](CC[C@@H]3[C@@H]2CC[C@]2(C)[C@@H](C4=CC(=O)OC4)CC[C@@H]32)C1. The van der Waals surface area contributed by atoms with Crippen molar-refractivity contribution in [2.75, 3.05) is 19.4 Å². The molecule has 1 N–H and O–H groups in total. The lowest BCUT2D eigenvalue weighted by atomic mass is 9.44. The summed E-state index contributed by atoms with van der Waals surface area (Å²) in [5.41, 5.74) is 2.27. The van der Waals surface area contributed by atoms with Crippen molar-refractivity contribution in [2.24, 2.45) is 40.4 Å². The predicted molar refractivity (Wildman–Crippen MR) is 129 cm³/mol. The first kappa shape index (κ1) is 22.3. The lowest BCUT2D eigenvalue weighted by molar-refractivity contribution is -0.135. The molecular formula is C27H43NO2S. The Bertz CT molecular complexity index is 737. The van der Waals surface area contributed by atoms with E-state index in [1.54, 1.807) is 0 Å². The Labute approximate surface area is 193 Å². The molecule has 0 radical (unpaired) electrons. The molecule has 5 rings (SSSR count). The Morgan fingerprint density at radius 3 is 2.61 bits per heavy atom. The van der Waals surface area contributed by atoms with Gasteiger partial charge in [0.1, 0.15) is 6.61 Å². The maximum absolute atomic E-state index is 11.7. The highest BCUT2D eigenvalue weighted by atomic mass is 32.2. The van der Waals surface area contributed by atoms with E-state index in [1.165, 1.54) is 69.1 Å². The summed E-state index contributed by atoms with van der Waals surface area (Å²) < 4.78 is 5.31. The summed E-state index contributed by atoms with van der Waals surface area (Å²) in [6, 6.07) is 0.621. The molecule has 4 aliphatic carbocycles. The van der Waals surface area contributed by atoms with E-state index in [2.05, 4.69) is 44.9 Å². The van der Waals surface area contributed by atoms with Crippen LogP contribution in [0.4, 0.5) is 0 Å². The summed E-state index contributed by atoms with van der Waals surface area (Å²) >= 11 is 2.24. The third-order valence-corrected chi connectivity index (χ3v) is 12.4. The highest BCUT2D eigenvalue weighted by Crippen LogP contribution is 2.68. The number of carbonyl (C=O) groups is 1. The van der Waals surface area contributed by atoms with Gasteiger partial charge in [0.25, 0.3) is 0 Å². The van der Waals surface area contributed by atoms with Gasteiger partial charge >= 0.3 is 5.97 Å². The monoisotopic (exact) mass is 445 g/mol. The van der Waals surface area contributed by atoms with Gasteiger partial charge in [-0.25, -0.2) is 4.79 Å². The number of hydrogen-bond acceptors (Lipinski definition) is 4. The summed E-state index contributed by atoms with van der Waals surface area (Å²) in [5, 5.41) is 4.28. The van der Waals surface area contributed by atoms with Gasteiger partial charge in [0, 0.05) is 23.1 Å². The van der Waals surface area contributed by atoms with E-state index < -0.39 is 0 Å². The number of nitrogens with one attached hydrogen (secondary N) is 1. The number of fused-ring (bicyclic) bond motifs is 5. The van der Waals surface area contributed by atoms with Gasteiger partial charge in [0.2, 0.25) is 0 Å². The zero-order chi connectivity index (χ0) is 21.8. The molecule has 0 aromatic heterocycles. The molecule has 3 nitrogen and oxygen atoms in total. The van der Waals surface area contributed by atoms with Crippen LogP contribution in [0, 0.1) is 40.4 Å². The number of thioether (sulfide) groups is 1. The maximum atomic E-state index is 11.7. The van der Waals surface area contributed by atoms with Crippen molar-refractivity contribution in [3.63, 3.8) is 0 Å². The second kappa shape index (κ2) is 8.38. The highest BCUT2D eigenvalue weighted by molar-refractivity contribution is 7.99. The van der Waals surface area contributed by atoms with E-state index in [9.17, 15) is 4.79 Å². The van der Waals surface area contributed by atoms with Crippen LogP contribution in [0.15, 0.2) is 11.6 Å². The average molecular weight is 446 g/mol. The fraction of sp³-hybridized carbons (Fsp3) is 0.889. The normalized spacial score (nSPS) is 47.7. The zero-order valence-electron chi connectivity index (χ0n) is 20.1. The lowest BCUT2D eigenvalue weighted by Gasteiger charge is -2.61. The third kappa shape index (κ3) is 3.72. The van der Waals surface area contributed by atoms with Crippen LogP contribution < -0.4 is 5.32 Å². The van der Waals surface area contributed by atoms with Gasteiger partial charge in [0.15, 0.2) is 0 Å². The van der Waals surface area contributed by atoms with E-state index in [-0.39, 0.29) is 5.97 Å². The van der Waals surface area contributed by atoms with Crippen molar-refractivity contribution >= 4 is 17.7 Å². The Morgan fingerprint density at radius 1 is 1.10 bits per heavy atom. The van der Waals surface area contributed by atoms with Crippen LogP contribution in [0.5, 0.6) is 0 Å². The first-order valence-electron chi connectivity index (χ1n) is 13.0. The molecule has 0 spiro atoms. The van der Waals surface area contributed by atoms with Gasteiger partial charge in [-0.3, -0.25) is 0 Å². The molecule has 174 valence electrons. The molecule has 0 amide bonds. The van der Waals surface area contributed by atoms with Crippen LogP contribution in [0.1, 0.15) is 78.6 Å². The molecular weight excluding hydrogens is 402 g/mol. The van der Waals surface area contributed by atoms with Crippen molar-refractivity contribution in [1.82, 2.24) is 5.32 Å². The Kier molecular flexibility index (Phi) is 6.04. The molecule has 1 unspecified atom stereocenters. The van der Waals surface area contributed by atoms with Gasteiger partial charge in [-0.05, 0) is 118 Å². The quantitative estimate of drug-likeness (QED) is 0.540. The van der Waals surface area contributed by atoms with Crippen LogP contribution in [0.2, 0.25) is 0 Å². The summed E-state index contributed by atoms with van der Waals surface area (Å²) in [6.45, 7) is 8.13. The summed E-state index contributed by atoms with van der Waals surface area (Å²) in [6.07, 6.45) is 14.5. The number of rotatable bonds is 5. The largest absolute Gasteiger partial charge is 0.458 e. The Balaban J connectivity index is 1.28. The predicted octanol–water partition coefficient (Wildman–Crippen LogP) is 5.84. The molecule has 1 aliphatic heterocycles. The van der Waals surface area contributed by atoms with Crippen molar-refractivity contribution in [2.45, 2.75) is 89.9 Å². The first-order valence-corrected chi connectivity index (χ1v) is 14.1. The molecule has 1 heterocycles. The second-order valence-corrected chi connectivity index (χ2v) is 13.4. The van der Waals surface area contributed by atoms with Crippen LogP contribution in [0.25, 0.3) is 0 Å². The molecule has 31 heavy (non-hydrogen) atoms. The fourth-order valence-corrected chi connectivity index (χ4v) is 10.3. The van der Waals surface area contributed by atoms with Crippen LogP contribution in [-0.4, -0.2) is 36.7 Å². The van der Waals surface area contributed by atoms with E-state index in [4.69, 9.17) is 4.74 Å². The van der Waals surface area contributed by atoms with Gasteiger partial charge in [-0.2, -0.15) is 11.8 Å². The minimum absolute atomic E-state index is 0.109. The van der Waals surface area contributed by atoms with Crippen molar-refractivity contribution < 1.29 is 9.53 Å². The Morgan fingerprint density at radius 2 is 1.87 bits per heavy atom. The fourth-order valence-electron chi connectivity index (χ4n) is 8.93. The van der Waals surface area contributed by atoms with E-state index in [0.717, 1.165) is 28.9 Å². The molecule has 5 aliphatic rings. The smallest absolute Gasteiger partial charge is 0.331 e. The number of esters is 1. The number of carbonyl (C=O) groups excluding carboxylic acids is 1. The minimum Gasteiger partial charge on any atom is -0.458 e.